The first-order valence-corrected chi connectivity index (χ1v) is 16.8. The summed E-state index contributed by atoms with van der Waals surface area (Å²) < 4.78 is 4.99. The zero-order chi connectivity index (χ0) is 30.9. The molecule has 0 aliphatic rings. The normalized spacial score (nSPS) is 11.8. The summed E-state index contributed by atoms with van der Waals surface area (Å²) in [4.78, 5) is 2.46. The maximum absolute atomic E-state index is 2.46. The number of hydrogen-bond acceptors (Lipinski definition) is 2. The van der Waals surface area contributed by atoms with Crippen LogP contribution in [-0.2, 0) is 0 Å². The summed E-state index contributed by atoms with van der Waals surface area (Å²) in [6.07, 6.45) is 0. The molecule has 220 valence electrons. The fourth-order valence-corrected chi connectivity index (χ4v) is 8.59. The van der Waals surface area contributed by atoms with Gasteiger partial charge < -0.3 is 9.47 Å². The molecule has 0 aliphatic carbocycles. The van der Waals surface area contributed by atoms with Gasteiger partial charge in [-0.25, -0.2) is 0 Å². The highest BCUT2D eigenvalue weighted by molar-refractivity contribution is 7.25. The Morgan fingerprint density at radius 2 is 1.00 bits per heavy atom. The Balaban J connectivity index is 1.28. The van der Waals surface area contributed by atoms with Crippen LogP contribution in [0.15, 0.2) is 170 Å². The minimum Gasteiger partial charge on any atom is -0.310 e. The molecule has 0 N–H and O–H groups in total. The minimum absolute atomic E-state index is 1.13. The lowest BCUT2D eigenvalue weighted by Gasteiger charge is -2.28. The summed E-state index contributed by atoms with van der Waals surface area (Å²) in [6.45, 7) is 0. The van der Waals surface area contributed by atoms with E-state index in [1.165, 1.54) is 74.9 Å². The Morgan fingerprint density at radius 1 is 0.383 bits per heavy atom. The molecule has 2 heterocycles. The van der Waals surface area contributed by atoms with Crippen LogP contribution >= 0.6 is 11.3 Å². The SMILES string of the molecule is c1ccc(-n2c3ccccc3c3cc(N(c4ccc5c(c4)sc4ccccc45)c4cc5ccccc5c5ccccc45)ccc32)cc1. The van der Waals surface area contributed by atoms with E-state index in [2.05, 4.69) is 179 Å². The fraction of sp³-hybridized carbons (Fsp3) is 0. The third kappa shape index (κ3) is 4.04. The van der Waals surface area contributed by atoms with Crippen molar-refractivity contribution in [3.05, 3.63) is 170 Å². The Kier molecular flexibility index (Phi) is 5.78. The van der Waals surface area contributed by atoms with Crippen molar-refractivity contribution >= 4 is 91.9 Å². The van der Waals surface area contributed by atoms with Gasteiger partial charge in [0.25, 0.3) is 0 Å². The molecule has 10 rings (SSSR count). The number of benzene rings is 8. The van der Waals surface area contributed by atoms with Crippen molar-refractivity contribution < 1.29 is 0 Å². The van der Waals surface area contributed by atoms with Crippen molar-refractivity contribution in [2.24, 2.45) is 0 Å². The van der Waals surface area contributed by atoms with E-state index in [1.54, 1.807) is 0 Å². The van der Waals surface area contributed by atoms with Crippen LogP contribution in [0.5, 0.6) is 0 Å². The number of fused-ring (bicyclic) bond motifs is 9. The second-order valence-corrected chi connectivity index (χ2v) is 13.2. The molecular formula is C44H28N2S. The monoisotopic (exact) mass is 616 g/mol. The standard InChI is InChI=1S/C44H28N2S/c1-2-13-30(14-3-1)46-40-20-10-8-18-36(40)39-27-31(23-25-41(39)46)45(32-22-24-38-37-19-9-11-21-43(37)47-44(38)28-32)42-26-29-12-4-5-15-33(29)34-16-6-7-17-35(34)42/h1-28H. The maximum atomic E-state index is 2.46. The molecule has 8 aromatic carbocycles. The lowest BCUT2D eigenvalue weighted by atomic mass is 9.98. The van der Waals surface area contributed by atoms with E-state index >= 15 is 0 Å². The number of hydrogen-bond donors (Lipinski definition) is 0. The Labute approximate surface area is 276 Å². The summed E-state index contributed by atoms with van der Waals surface area (Å²) in [5.41, 5.74) is 7.03. The summed E-state index contributed by atoms with van der Waals surface area (Å²) in [5, 5.41) is 10.1. The van der Waals surface area contributed by atoms with E-state index in [-0.39, 0.29) is 0 Å². The van der Waals surface area contributed by atoms with Gasteiger partial charge >= 0.3 is 0 Å². The molecule has 3 heteroatoms. The molecule has 0 amide bonds. The number of nitrogens with zero attached hydrogens (tertiary/aromatic N) is 2. The molecule has 0 bridgehead atoms. The van der Waals surface area contributed by atoms with Crippen molar-refractivity contribution in [3.8, 4) is 5.69 Å². The molecule has 0 atom stereocenters. The smallest absolute Gasteiger partial charge is 0.0546 e. The van der Waals surface area contributed by atoms with Crippen LogP contribution in [0.1, 0.15) is 0 Å². The van der Waals surface area contributed by atoms with Gasteiger partial charge in [-0.1, -0.05) is 109 Å². The number of anilines is 3. The van der Waals surface area contributed by atoms with E-state index in [4.69, 9.17) is 0 Å². The van der Waals surface area contributed by atoms with Crippen molar-refractivity contribution in [2.45, 2.75) is 0 Å². The second-order valence-electron chi connectivity index (χ2n) is 12.2. The topological polar surface area (TPSA) is 8.17 Å². The Bertz CT molecular complexity index is 2810. The fourth-order valence-electron chi connectivity index (χ4n) is 7.46. The van der Waals surface area contributed by atoms with Crippen molar-refractivity contribution in [2.75, 3.05) is 4.90 Å². The summed E-state index contributed by atoms with van der Waals surface area (Å²) >= 11 is 1.87. The number of para-hydroxylation sites is 2. The van der Waals surface area contributed by atoms with Gasteiger partial charge in [-0.2, -0.15) is 0 Å². The largest absolute Gasteiger partial charge is 0.310 e. The quantitative estimate of drug-likeness (QED) is 0.179. The van der Waals surface area contributed by atoms with Gasteiger partial charge in [0, 0.05) is 53.4 Å². The summed E-state index contributed by atoms with van der Waals surface area (Å²) in [7, 11) is 0. The van der Waals surface area contributed by atoms with E-state index in [1.807, 2.05) is 11.3 Å². The molecule has 0 aliphatic heterocycles. The molecule has 0 unspecified atom stereocenters. The molecular weight excluding hydrogens is 589 g/mol. The van der Waals surface area contributed by atoms with E-state index < -0.39 is 0 Å². The second kappa shape index (κ2) is 10.3. The Hall–Kier alpha value is -5.90. The molecule has 47 heavy (non-hydrogen) atoms. The van der Waals surface area contributed by atoms with Crippen LogP contribution < -0.4 is 4.90 Å². The minimum atomic E-state index is 1.13. The van der Waals surface area contributed by atoms with Crippen LogP contribution in [0, 0.1) is 0 Å². The first-order valence-electron chi connectivity index (χ1n) is 16.0. The van der Waals surface area contributed by atoms with Crippen molar-refractivity contribution in [1.82, 2.24) is 4.57 Å². The zero-order valence-corrected chi connectivity index (χ0v) is 26.3. The highest BCUT2D eigenvalue weighted by Gasteiger charge is 2.21. The number of aromatic nitrogens is 1. The highest BCUT2D eigenvalue weighted by atomic mass is 32.1. The predicted molar refractivity (Wildman–Crippen MR) is 203 cm³/mol. The van der Waals surface area contributed by atoms with Crippen LogP contribution in [0.25, 0.3) is 69.2 Å². The van der Waals surface area contributed by atoms with Crippen LogP contribution in [0.3, 0.4) is 0 Å². The van der Waals surface area contributed by atoms with Crippen molar-refractivity contribution in [3.63, 3.8) is 0 Å². The van der Waals surface area contributed by atoms with Gasteiger partial charge in [0.2, 0.25) is 0 Å². The van der Waals surface area contributed by atoms with Gasteiger partial charge in [0.1, 0.15) is 0 Å². The first kappa shape index (κ1) is 26.3. The molecule has 0 spiro atoms. The molecule has 0 fully saturated rings. The van der Waals surface area contributed by atoms with E-state index in [0.29, 0.717) is 0 Å². The average molecular weight is 617 g/mol. The lowest BCUT2D eigenvalue weighted by molar-refractivity contribution is 1.18. The Morgan fingerprint density at radius 3 is 1.87 bits per heavy atom. The molecule has 0 radical (unpaired) electrons. The summed E-state index contributed by atoms with van der Waals surface area (Å²) in [5.74, 6) is 0. The van der Waals surface area contributed by atoms with E-state index in [0.717, 1.165) is 11.4 Å². The number of rotatable bonds is 4. The predicted octanol–water partition coefficient (Wildman–Crippen LogP) is 12.9. The van der Waals surface area contributed by atoms with E-state index in [9.17, 15) is 0 Å². The van der Waals surface area contributed by atoms with Gasteiger partial charge in [-0.15, -0.1) is 11.3 Å². The number of thiophene rings is 1. The molecule has 2 nitrogen and oxygen atoms in total. The average Bonchev–Trinajstić information content (AvgIpc) is 3.67. The van der Waals surface area contributed by atoms with Gasteiger partial charge in [-0.05, 0) is 76.8 Å². The molecule has 0 saturated carbocycles. The van der Waals surface area contributed by atoms with Crippen LogP contribution in [0.2, 0.25) is 0 Å². The zero-order valence-electron chi connectivity index (χ0n) is 25.5. The first-order chi connectivity index (χ1) is 23.3. The van der Waals surface area contributed by atoms with Gasteiger partial charge in [0.15, 0.2) is 0 Å². The lowest BCUT2D eigenvalue weighted by Crippen LogP contribution is -2.10. The molecule has 2 aromatic heterocycles. The molecule has 0 saturated heterocycles. The maximum Gasteiger partial charge on any atom is 0.0546 e. The van der Waals surface area contributed by atoms with Gasteiger partial charge in [-0.3, -0.25) is 0 Å². The third-order valence-electron chi connectivity index (χ3n) is 9.54. The summed E-state index contributed by atoms with van der Waals surface area (Å²) in [6, 6.07) is 62.1. The highest BCUT2D eigenvalue weighted by Crippen LogP contribution is 2.45. The third-order valence-corrected chi connectivity index (χ3v) is 10.7. The van der Waals surface area contributed by atoms with Crippen LogP contribution in [-0.4, -0.2) is 4.57 Å². The molecule has 10 aromatic rings. The van der Waals surface area contributed by atoms with Crippen molar-refractivity contribution in [1.29, 1.82) is 0 Å². The van der Waals surface area contributed by atoms with Crippen LogP contribution in [0.4, 0.5) is 17.1 Å². The van der Waals surface area contributed by atoms with Gasteiger partial charge in [0.05, 0.1) is 16.7 Å².